The fourth-order valence-electron chi connectivity index (χ4n) is 8.27. The topological polar surface area (TPSA) is 104 Å². The summed E-state index contributed by atoms with van der Waals surface area (Å²) in [5.41, 5.74) is 2.60. The largest absolute Gasteiger partial charge is 0.504 e. The van der Waals surface area contributed by atoms with Crippen LogP contribution in [0.2, 0.25) is 0 Å². The lowest BCUT2D eigenvalue weighted by Gasteiger charge is -2.49. The van der Waals surface area contributed by atoms with E-state index in [-0.39, 0.29) is 41.5 Å². The summed E-state index contributed by atoms with van der Waals surface area (Å²) in [5, 5.41) is 10.7. The summed E-state index contributed by atoms with van der Waals surface area (Å²) >= 11 is 2.04. The van der Waals surface area contributed by atoms with Gasteiger partial charge in [-0.2, -0.15) is 0 Å². The Morgan fingerprint density at radius 1 is 0.911 bits per heavy atom. The number of ether oxygens (including phenoxy) is 1. The van der Waals surface area contributed by atoms with Gasteiger partial charge in [0.05, 0.1) is 45.2 Å². The number of fused-ring (bicyclic) bond motifs is 4. The number of phenolic OH excluding ortho intramolecular Hbond substituents is 1. The van der Waals surface area contributed by atoms with Gasteiger partial charge in [-0.05, 0) is 102 Å². The number of carbonyl (C=O) groups excluding carboxylic acids is 4. The summed E-state index contributed by atoms with van der Waals surface area (Å²) in [6.07, 6.45) is 3.51. The van der Waals surface area contributed by atoms with Crippen molar-refractivity contribution >= 4 is 57.6 Å². The molecule has 0 aromatic heterocycles. The number of allylic oxidation sites excluding steroid dienone is 2. The van der Waals surface area contributed by atoms with E-state index in [0.29, 0.717) is 21.4 Å². The molecule has 4 amide bonds. The Bertz CT molecular complexity index is 1790. The van der Waals surface area contributed by atoms with Gasteiger partial charge in [0.25, 0.3) is 0 Å². The summed E-state index contributed by atoms with van der Waals surface area (Å²) in [6.45, 7) is 3.90. The standard InChI is InChI=1S/C36H33IN2O6/c1-4-19-10-12-22(13-11-19)38-32(41)24-15-14-23-25(29(24)34(38)43)18-26-33(42)39(21-8-6-5-7-9-21)35(44)36(26,2)30(23)20-16-27(37)31(40)28(17-20)45-3/h5-14,16-17,24-26,29-30,40H,4,15,18H2,1-3H3. The van der Waals surface area contributed by atoms with Crippen molar-refractivity contribution in [3.63, 3.8) is 0 Å². The maximum atomic E-state index is 14.5. The molecule has 0 radical (unpaired) electrons. The summed E-state index contributed by atoms with van der Waals surface area (Å²) < 4.78 is 6.06. The van der Waals surface area contributed by atoms with Crippen molar-refractivity contribution in [1.82, 2.24) is 0 Å². The highest BCUT2D eigenvalue weighted by molar-refractivity contribution is 14.1. The quantitative estimate of drug-likeness (QED) is 0.197. The number of halogens is 1. The molecule has 3 aromatic carbocycles. The van der Waals surface area contributed by atoms with Crippen LogP contribution in [0.1, 0.15) is 43.7 Å². The Balaban J connectivity index is 1.37. The molecule has 8 nitrogen and oxygen atoms in total. The van der Waals surface area contributed by atoms with Crippen LogP contribution in [-0.2, 0) is 25.6 Å². The zero-order chi connectivity index (χ0) is 31.8. The fourth-order valence-corrected chi connectivity index (χ4v) is 8.90. The summed E-state index contributed by atoms with van der Waals surface area (Å²) in [7, 11) is 1.47. The summed E-state index contributed by atoms with van der Waals surface area (Å²) in [6, 6.07) is 20.0. The second-order valence-corrected chi connectivity index (χ2v) is 13.7. The van der Waals surface area contributed by atoms with Crippen LogP contribution < -0.4 is 14.5 Å². The lowest BCUT2D eigenvalue weighted by atomic mass is 9.51. The van der Waals surface area contributed by atoms with E-state index in [9.17, 15) is 24.3 Å². The average molecular weight is 717 g/mol. The second-order valence-electron chi connectivity index (χ2n) is 12.6. The van der Waals surface area contributed by atoms with E-state index < -0.39 is 35.0 Å². The van der Waals surface area contributed by atoms with Crippen LogP contribution in [0, 0.1) is 32.7 Å². The van der Waals surface area contributed by atoms with Crippen molar-refractivity contribution < 1.29 is 29.0 Å². The van der Waals surface area contributed by atoms with E-state index in [1.54, 1.807) is 30.3 Å². The maximum absolute atomic E-state index is 14.5. The maximum Gasteiger partial charge on any atom is 0.241 e. The molecular weight excluding hydrogens is 683 g/mol. The van der Waals surface area contributed by atoms with Crippen molar-refractivity contribution in [2.45, 2.75) is 39.0 Å². The summed E-state index contributed by atoms with van der Waals surface area (Å²) in [5.74, 6) is -3.77. The molecule has 6 unspecified atom stereocenters. The monoisotopic (exact) mass is 716 g/mol. The third-order valence-electron chi connectivity index (χ3n) is 10.5. The van der Waals surface area contributed by atoms with Crippen LogP contribution in [0.5, 0.6) is 11.5 Å². The molecular formula is C36H33IN2O6. The van der Waals surface area contributed by atoms with E-state index in [0.717, 1.165) is 23.1 Å². The molecule has 2 saturated heterocycles. The van der Waals surface area contributed by atoms with E-state index in [1.807, 2.05) is 72.0 Å². The highest BCUT2D eigenvalue weighted by Gasteiger charge is 2.67. The van der Waals surface area contributed by atoms with Gasteiger partial charge in [-0.1, -0.05) is 48.9 Å². The molecule has 7 rings (SSSR count). The van der Waals surface area contributed by atoms with E-state index >= 15 is 0 Å². The molecule has 0 spiro atoms. The number of aromatic hydroxyl groups is 1. The van der Waals surface area contributed by atoms with Gasteiger partial charge in [0.1, 0.15) is 0 Å². The molecule has 1 saturated carbocycles. The van der Waals surface area contributed by atoms with Crippen LogP contribution in [-0.4, -0.2) is 35.8 Å². The molecule has 0 bridgehead atoms. The zero-order valence-electron chi connectivity index (χ0n) is 25.2. The number of benzene rings is 3. The normalized spacial score (nSPS) is 29.0. The minimum Gasteiger partial charge on any atom is -0.504 e. The minimum absolute atomic E-state index is 0.00496. The fraction of sp³-hybridized carbons (Fsp3) is 0.333. The van der Waals surface area contributed by atoms with Gasteiger partial charge in [-0.15, -0.1) is 0 Å². The highest BCUT2D eigenvalue weighted by Crippen LogP contribution is 2.64. The first kappa shape index (κ1) is 29.7. The van der Waals surface area contributed by atoms with Crippen LogP contribution in [0.3, 0.4) is 0 Å². The Morgan fingerprint density at radius 2 is 1.60 bits per heavy atom. The number of hydrogen-bond acceptors (Lipinski definition) is 6. The van der Waals surface area contributed by atoms with Gasteiger partial charge in [0, 0.05) is 5.92 Å². The first-order valence-electron chi connectivity index (χ1n) is 15.3. The van der Waals surface area contributed by atoms with Crippen LogP contribution >= 0.6 is 22.6 Å². The third kappa shape index (κ3) is 4.22. The molecule has 45 heavy (non-hydrogen) atoms. The molecule has 230 valence electrons. The van der Waals surface area contributed by atoms with Crippen molar-refractivity contribution in [2.24, 2.45) is 29.1 Å². The van der Waals surface area contributed by atoms with E-state index in [2.05, 4.69) is 6.92 Å². The molecule has 6 atom stereocenters. The number of anilines is 2. The molecule has 4 aliphatic rings. The lowest BCUT2D eigenvalue weighted by Crippen LogP contribution is -2.48. The number of aryl methyl sites for hydroxylation is 1. The lowest BCUT2D eigenvalue weighted by molar-refractivity contribution is -0.131. The van der Waals surface area contributed by atoms with Crippen molar-refractivity contribution in [1.29, 1.82) is 0 Å². The van der Waals surface area contributed by atoms with E-state index in [1.165, 1.54) is 16.9 Å². The molecule has 3 aromatic rings. The number of rotatable bonds is 5. The predicted octanol–water partition coefficient (Wildman–Crippen LogP) is 6.00. The third-order valence-corrected chi connectivity index (χ3v) is 11.3. The number of nitrogens with zero attached hydrogens (tertiary/aromatic N) is 2. The molecule has 2 aliphatic heterocycles. The number of imide groups is 2. The van der Waals surface area contributed by atoms with Crippen LogP contribution in [0.25, 0.3) is 0 Å². The molecule has 2 heterocycles. The van der Waals surface area contributed by atoms with Crippen LogP contribution in [0.15, 0.2) is 78.4 Å². The SMILES string of the molecule is CCc1ccc(N2C(=O)C3CC=C4C(CC5C(=O)N(c6ccccc6)C(=O)C5(C)C4c4cc(I)c(O)c(OC)c4)C3C2=O)cc1. The zero-order valence-corrected chi connectivity index (χ0v) is 27.4. The number of amides is 4. The molecule has 9 heteroatoms. The average Bonchev–Trinajstić information content (AvgIpc) is 3.42. The van der Waals surface area contributed by atoms with Crippen molar-refractivity contribution in [3.8, 4) is 11.5 Å². The first-order chi connectivity index (χ1) is 21.6. The Kier molecular flexibility index (Phi) is 7.14. The van der Waals surface area contributed by atoms with Gasteiger partial charge in [-0.3, -0.25) is 24.1 Å². The second kappa shape index (κ2) is 10.8. The first-order valence-corrected chi connectivity index (χ1v) is 16.4. The molecule has 3 fully saturated rings. The van der Waals surface area contributed by atoms with Gasteiger partial charge in [-0.25, -0.2) is 4.90 Å². The Hall–Kier alpha value is -3.99. The van der Waals surface area contributed by atoms with Gasteiger partial charge in [0.15, 0.2) is 11.5 Å². The van der Waals surface area contributed by atoms with Crippen molar-refractivity contribution in [3.05, 3.63) is 93.1 Å². The number of hydrogen-bond donors (Lipinski definition) is 1. The van der Waals surface area contributed by atoms with Gasteiger partial charge in [0.2, 0.25) is 23.6 Å². The number of phenols is 1. The number of carbonyl (C=O) groups is 4. The van der Waals surface area contributed by atoms with Crippen LogP contribution in [0.4, 0.5) is 11.4 Å². The molecule has 1 N–H and O–H groups in total. The number of methoxy groups -OCH3 is 1. The summed E-state index contributed by atoms with van der Waals surface area (Å²) in [4.78, 5) is 59.5. The smallest absolute Gasteiger partial charge is 0.241 e. The molecule has 2 aliphatic carbocycles. The van der Waals surface area contributed by atoms with Crippen molar-refractivity contribution in [2.75, 3.05) is 16.9 Å². The Morgan fingerprint density at radius 3 is 2.27 bits per heavy atom. The minimum atomic E-state index is -1.17. The number of para-hydroxylation sites is 1. The van der Waals surface area contributed by atoms with Gasteiger partial charge >= 0.3 is 0 Å². The highest BCUT2D eigenvalue weighted by atomic mass is 127. The van der Waals surface area contributed by atoms with Gasteiger partial charge < -0.3 is 9.84 Å². The Labute approximate surface area is 275 Å². The predicted molar refractivity (Wildman–Crippen MR) is 177 cm³/mol. The van der Waals surface area contributed by atoms with E-state index in [4.69, 9.17) is 4.74 Å².